The highest BCUT2D eigenvalue weighted by molar-refractivity contribution is 9.08. The van der Waals surface area contributed by atoms with Gasteiger partial charge in [0.25, 0.3) is 0 Å². The minimum Gasteiger partial charge on any atom is -0.415 e. The Morgan fingerprint density at radius 2 is 2.33 bits per heavy atom. The molecule has 0 saturated heterocycles. The molecule has 4 heteroatoms. The van der Waals surface area contributed by atoms with Crippen molar-refractivity contribution in [3.05, 3.63) is 29.9 Å². The van der Waals surface area contributed by atoms with Gasteiger partial charge in [0.15, 0.2) is 5.58 Å². The van der Waals surface area contributed by atoms with Crippen molar-refractivity contribution in [1.29, 1.82) is 0 Å². The van der Waals surface area contributed by atoms with E-state index in [0.29, 0.717) is 11.1 Å². The first-order chi connectivity index (χ1) is 5.79. The molecule has 62 valence electrons. The van der Waals surface area contributed by atoms with Gasteiger partial charge in [0.1, 0.15) is 5.52 Å². The fourth-order valence-electron chi connectivity index (χ4n) is 1.03. The molecule has 0 aliphatic rings. The summed E-state index contributed by atoms with van der Waals surface area (Å²) in [4.78, 5) is 3.57. The summed E-state index contributed by atoms with van der Waals surface area (Å²) < 4.78 is 17.1. The quantitative estimate of drug-likeness (QED) is 0.704. The topological polar surface area (TPSA) is 26.0 Å². The van der Waals surface area contributed by atoms with Gasteiger partial charge in [-0.3, -0.25) is 0 Å². The molecule has 0 atom stereocenters. The third-order valence-corrected chi connectivity index (χ3v) is 2.23. The first-order valence-corrected chi connectivity index (χ1v) is 4.52. The normalized spacial score (nSPS) is 10.8. The molecule has 0 unspecified atom stereocenters. The van der Waals surface area contributed by atoms with Gasteiger partial charge >= 0.3 is 6.14 Å². The van der Waals surface area contributed by atoms with Crippen molar-refractivity contribution >= 4 is 27.0 Å². The second kappa shape index (κ2) is 2.86. The fraction of sp³-hybridized carbons (Fsp3) is 0.125. The zero-order valence-electron chi connectivity index (χ0n) is 6.05. The molecule has 1 heterocycles. The third-order valence-electron chi connectivity index (χ3n) is 1.58. The summed E-state index contributed by atoms with van der Waals surface area (Å²) in [6, 6.07) is 5.36. The highest BCUT2D eigenvalue weighted by Crippen LogP contribution is 2.17. The van der Waals surface area contributed by atoms with E-state index < -0.39 is 6.14 Å². The Balaban J connectivity index is 2.66. The molecular weight excluding hydrogens is 225 g/mol. The summed E-state index contributed by atoms with van der Waals surface area (Å²) in [6.45, 7) is 0. The van der Waals surface area contributed by atoms with E-state index in [4.69, 9.17) is 0 Å². The molecule has 0 aliphatic carbocycles. The largest absolute Gasteiger partial charge is 0.415 e. The Morgan fingerprint density at radius 3 is 3.08 bits per heavy atom. The molecule has 1 aromatic heterocycles. The maximum Gasteiger partial charge on any atom is 0.382 e. The molecule has 2 nitrogen and oxygen atoms in total. The Bertz CT molecular complexity index is 412. The molecule has 0 spiro atoms. The summed E-state index contributed by atoms with van der Waals surface area (Å²) in [7, 11) is 0. The second-order valence-corrected chi connectivity index (χ2v) is 2.96. The van der Waals surface area contributed by atoms with E-state index >= 15 is 0 Å². The molecule has 0 amide bonds. The van der Waals surface area contributed by atoms with Gasteiger partial charge in [-0.25, -0.2) is 0 Å². The highest BCUT2D eigenvalue weighted by atomic mass is 79.9. The number of hydrogen-bond donors (Lipinski definition) is 0. The zero-order valence-corrected chi connectivity index (χ0v) is 7.64. The lowest BCUT2D eigenvalue weighted by atomic mass is 10.2. The van der Waals surface area contributed by atoms with Crippen LogP contribution in [0.15, 0.2) is 22.6 Å². The molecule has 0 fully saturated rings. The van der Waals surface area contributed by atoms with Gasteiger partial charge in [-0.2, -0.15) is 4.98 Å². The van der Waals surface area contributed by atoms with Crippen molar-refractivity contribution in [3.63, 3.8) is 0 Å². The standard InChI is InChI=1S/C8H5BrFNO/c9-4-5-1-2-7-6(3-5)11-8(10)12-7/h1-3H,4H2. The van der Waals surface area contributed by atoms with E-state index in [2.05, 4.69) is 25.3 Å². The Kier molecular flexibility index (Phi) is 1.84. The van der Waals surface area contributed by atoms with E-state index in [0.717, 1.165) is 10.9 Å². The lowest BCUT2D eigenvalue weighted by Gasteiger charge is -1.91. The minimum absolute atomic E-state index is 0.484. The molecule has 12 heavy (non-hydrogen) atoms. The number of halogens is 2. The maximum absolute atomic E-state index is 12.5. The lowest BCUT2D eigenvalue weighted by Crippen LogP contribution is -1.76. The third kappa shape index (κ3) is 1.22. The van der Waals surface area contributed by atoms with Gasteiger partial charge in [0.2, 0.25) is 0 Å². The van der Waals surface area contributed by atoms with Crippen molar-refractivity contribution < 1.29 is 8.81 Å². The minimum atomic E-state index is -0.781. The summed E-state index contributed by atoms with van der Waals surface area (Å²) in [5.74, 6) is 0. The molecule has 0 radical (unpaired) electrons. The lowest BCUT2D eigenvalue weighted by molar-refractivity contribution is 0.355. The van der Waals surface area contributed by atoms with Crippen LogP contribution in [0, 0.1) is 6.14 Å². The number of nitrogens with zero attached hydrogens (tertiary/aromatic N) is 1. The molecule has 1 aromatic carbocycles. The van der Waals surface area contributed by atoms with E-state index in [-0.39, 0.29) is 0 Å². The van der Waals surface area contributed by atoms with Crippen LogP contribution >= 0.6 is 15.9 Å². The Hall–Kier alpha value is -0.900. The van der Waals surface area contributed by atoms with Crippen molar-refractivity contribution in [2.24, 2.45) is 0 Å². The first kappa shape index (κ1) is 7.73. The number of alkyl halides is 1. The summed E-state index contributed by atoms with van der Waals surface area (Å²) in [6.07, 6.45) is -0.781. The van der Waals surface area contributed by atoms with Crippen molar-refractivity contribution in [1.82, 2.24) is 4.98 Å². The van der Waals surface area contributed by atoms with Crippen LogP contribution in [0.1, 0.15) is 5.56 Å². The number of benzene rings is 1. The number of rotatable bonds is 1. The van der Waals surface area contributed by atoms with Gasteiger partial charge in [0, 0.05) is 5.33 Å². The molecular formula is C8H5BrFNO. The molecule has 2 aromatic rings. The summed E-state index contributed by atoms with van der Waals surface area (Å²) in [5.41, 5.74) is 2.09. The summed E-state index contributed by atoms with van der Waals surface area (Å²) >= 11 is 3.30. The predicted octanol–water partition coefficient (Wildman–Crippen LogP) is 2.86. The van der Waals surface area contributed by atoms with Crippen molar-refractivity contribution in [2.45, 2.75) is 5.33 Å². The summed E-state index contributed by atoms with van der Waals surface area (Å²) in [5, 5.41) is 0.734. The SMILES string of the molecule is Fc1nc2cc(CBr)ccc2o1. The van der Waals surface area contributed by atoms with Crippen LogP contribution in [0.5, 0.6) is 0 Å². The number of aromatic nitrogens is 1. The van der Waals surface area contributed by atoms with E-state index in [1.54, 1.807) is 12.1 Å². The average Bonchev–Trinajstić information content (AvgIpc) is 2.43. The fourth-order valence-corrected chi connectivity index (χ4v) is 1.38. The Morgan fingerprint density at radius 1 is 1.50 bits per heavy atom. The van der Waals surface area contributed by atoms with E-state index in [1.165, 1.54) is 0 Å². The predicted molar refractivity (Wildman–Crippen MR) is 46.6 cm³/mol. The van der Waals surface area contributed by atoms with Crippen LogP contribution in [0.25, 0.3) is 11.1 Å². The molecule has 0 bridgehead atoms. The molecule has 0 saturated carbocycles. The van der Waals surface area contributed by atoms with Gasteiger partial charge in [-0.1, -0.05) is 22.0 Å². The molecule has 0 aliphatic heterocycles. The van der Waals surface area contributed by atoms with Crippen LogP contribution in [0.3, 0.4) is 0 Å². The van der Waals surface area contributed by atoms with E-state index in [1.807, 2.05) is 6.07 Å². The molecule has 0 N–H and O–H groups in total. The number of hydrogen-bond acceptors (Lipinski definition) is 2. The van der Waals surface area contributed by atoms with Crippen molar-refractivity contribution in [2.75, 3.05) is 0 Å². The number of oxazole rings is 1. The monoisotopic (exact) mass is 229 g/mol. The smallest absolute Gasteiger partial charge is 0.382 e. The van der Waals surface area contributed by atoms with Crippen molar-refractivity contribution in [3.8, 4) is 0 Å². The van der Waals surface area contributed by atoms with Crippen LogP contribution in [0.2, 0.25) is 0 Å². The Labute approximate surface area is 76.5 Å². The highest BCUT2D eigenvalue weighted by Gasteiger charge is 2.03. The van der Waals surface area contributed by atoms with Crippen LogP contribution in [-0.2, 0) is 5.33 Å². The van der Waals surface area contributed by atoms with Gasteiger partial charge < -0.3 is 4.42 Å². The number of fused-ring (bicyclic) bond motifs is 1. The zero-order chi connectivity index (χ0) is 8.55. The van der Waals surface area contributed by atoms with Gasteiger partial charge in [0.05, 0.1) is 0 Å². The maximum atomic E-state index is 12.5. The first-order valence-electron chi connectivity index (χ1n) is 3.40. The van der Waals surface area contributed by atoms with Crippen LogP contribution in [-0.4, -0.2) is 4.98 Å². The van der Waals surface area contributed by atoms with E-state index in [9.17, 15) is 4.39 Å². The van der Waals surface area contributed by atoms with Crippen LogP contribution in [0.4, 0.5) is 4.39 Å². The average molecular weight is 230 g/mol. The van der Waals surface area contributed by atoms with Crippen LogP contribution < -0.4 is 0 Å². The second-order valence-electron chi connectivity index (χ2n) is 2.40. The van der Waals surface area contributed by atoms with Gasteiger partial charge in [-0.05, 0) is 17.7 Å². The van der Waals surface area contributed by atoms with Gasteiger partial charge in [-0.15, -0.1) is 4.39 Å². The molecule has 2 rings (SSSR count).